The number of hydrogen-bond donors (Lipinski definition) is 2. The highest BCUT2D eigenvalue weighted by Crippen LogP contribution is 2.33. The van der Waals surface area contributed by atoms with E-state index in [-0.39, 0.29) is 5.56 Å². The van der Waals surface area contributed by atoms with Crippen molar-refractivity contribution in [1.29, 1.82) is 0 Å². The normalized spacial score (nSPS) is 15.3. The fourth-order valence-electron chi connectivity index (χ4n) is 3.81. The molecule has 3 heterocycles. The van der Waals surface area contributed by atoms with Crippen molar-refractivity contribution in [1.82, 2.24) is 9.38 Å². The molecule has 0 unspecified atom stereocenters. The summed E-state index contributed by atoms with van der Waals surface area (Å²) in [7, 11) is 0. The van der Waals surface area contributed by atoms with E-state index in [9.17, 15) is 4.79 Å². The highest BCUT2D eigenvalue weighted by molar-refractivity contribution is 7.97. The first kappa shape index (κ1) is 18.2. The maximum absolute atomic E-state index is 12.3. The largest absolute Gasteiger partial charge is 0.382 e. The third-order valence-electron chi connectivity index (χ3n) is 5.13. The number of aromatic nitrogens is 2. The lowest BCUT2D eigenvalue weighted by Gasteiger charge is -2.25. The number of H-pyrrole nitrogens is 1. The van der Waals surface area contributed by atoms with Gasteiger partial charge in [0.05, 0.1) is 5.69 Å². The Hall–Kier alpha value is -2.18. The number of ether oxygens (including phenoxy) is 1. The molecule has 1 saturated heterocycles. The van der Waals surface area contributed by atoms with Crippen LogP contribution in [0.15, 0.2) is 41.5 Å². The van der Waals surface area contributed by atoms with Crippen molar-refractivity contribution in [2.75, 3.05) is 24.8 Å². The third-order valence-corrected chi connectivity index (χ3v) is 5.75. The average Bonchev–Trinajstić information content (AvgIpc) is 3.02. The van der Waals surface area contributed by atoms with Crippen LogP contribution in [0.2, 0.25) is 0 Å². The zero-order chi connectivity index (χ0) is 18.8. The zero-order valence-electron chi connectivity index (χ0n) is 15.7. The lowest BCUT2D eigenvalue weighted by molar-refractivity contribution is 0.0904. The number of rotatable bonds is 5. The third kappa shape index (κ3) is 3.64. The van der Waals surface area contributed by atoms with E-state index in [0.29, 0.717) is 11.6 Å². The van der Waals surface area contributed by atoms with Crippen molar-refractivity contribution >= 4 is 23.0 Å². The Morgan fingerprint density at radius 3 is 2.89 bits per heavy atom. The van der Waals surface area contributed by atoms with Gasteiger partial charge in [-0.05, 0) is 55.3 Å². The zero-order valence-corrected chi connectivity index (χ0v) is 16.6. The van der Waals surface area contributed by atoms with Gasteiger partial charge in [0.25, 0.3) is 5.56 Å². The van der Waals surface area contributed by atoms with Crippen LogP contribution in [0.3, 0.4) is 0 Å². The summed E-state index contributed by atoms with van der Waals surface area (Å²) in [6, 6.07) is 9.15. The number of aromatic amines is 1. The van der Waals surface area contributed by atoms with Gasteiger partial charge >= 0.3 is 0 Å². The number of thioether (sulfide) groups is 1. The van der Waals surface area contributed by atoms with E-state index in [2.05, 4.69) is 40.8 Å². The molecule has 1 aliphatic heterocycles. The van der Waals surface area contributed by atoms with Crippen LogP contribution < -0.4 is 10.9 Å². The fraction of sp³-hybridized carbons (Fsp3) is 0.381. The van der Waals surface area contributed by atoms with Crippen LogP contribution in [0.25, 0.3) is 16.8 Å². The fourth-order valence-corrected chi connectivity index (χ4v) is 4.32. The molecule has 0 radical (unpaired) electrons. The van der Waals surface area contributed by atoms with Gasteiger partial charge in [0, 0.05) is 48.7 Å². The quantitative estimate of drug-likeness (QED) is 0.698. The molecule has 2 aromatic heterocycles. The van der Waals surface area contributed by atoms with E-state index in [1.54, 1.807) is 6.20 Å². The van der Waals surface area contributed by atoms with Crippen molar-refractivity contribution in [3.8, 4) is 11.3 Å². The highest BCUT2D eigenvalue weighted by Gasteiger charge is 2.18. The maximum Gasteiger partial charge on any atom is 0.272 e. The molecule has 142 valence electrons. The second-order valence-electron chi connectivity index (χ2n) is 7.06. The summed E-state index contributed by atoms with van der Waals surface area (Å²) < 4.78 is 7.49. The van der Waals surface area contributed by atoms with Crippen molar-refractivity contribution in [3.05, 3.63) is 58.1 Å². The summed E-state index contributed by atoms with van der Waals surface area (Å²) in [5.74, 6) is 0.966. The smallest absolute Gasteiger partial charge is 0.272 e. The second-order valence-corrected chi connectivity index (χ2v) is 7.93. The molecule has 1 aliphatic rings. The Labute approximate surface area is 163 Å². The van der Waals surface area contributed by atoms with Crippen LogP contribution in [0, 0.1) is 6.92 Å². The van der Waals surface area contributed by atoms with E-state index in [0.717, 1.165) is 54.3 Å². The standard InChI is InChI=1S/C21H25N3O2S/c1-14-11-19(24-8-7-22-21(25)20(14)24)17-12-15(13-27-2)3-4-18(17)23-16-5-9-26-10-6-16/h3-4,7-8,11-12,16,23H,5-6,9-10,13H2,1-2H3,(H,22,25). The lowest BCUT2D eigenvalue weighted by Crippen LogP contribution is -2.28. The van der Waals surface area contributed by atoms with Gasteiger partial charge in [-0.15, -0.1) is 0 Å². The van der Waals surface area contributed by atoms with Gasteiger partial charge in [0.1, 0.15) is 5.52 Å². The first-order valence-corrected chi connectivity index (χ1v) is 10.7. The maximum atomic E-state index is 12.3. The van der Waals surface area contributed by atoms with Gasteiger partial charge in [-0.25, -0.2) is 0 Å². The van der Waals surface area contributed by atoms with E-state index in [1.807, 2.05) is 29.3 Å². The van der Waals surface area contributed by atoms with Gasteiger partial charge in [-0.1, -0.05) is 6.07 Å². The molecule has 6 heteroatoms. The SMILES string of the molecule is CSCc1ccc(NC2CCOCC2)c(-c2cc(C)c3c(=O)[nH]ccn23)c1. The van der Waals surface area contributed by atoms with Crippen LogP contribution in [-0.4, -0.2) is 34.9 Å². The van der Waals surface area contributed by atoms with Crippen molar-refractivity contribution in [2.24, 2.45) is 0 Å². The first-order chi connectivity index (χ1) is 13.2. The summed E-state index contributed by atoms with van der Waals surface area (Å²) in [5, 5.41) is 3.72. The van der Waals surface area contributed by atoms with E-state index < -0.39 is 0 Å². The molecule has 4 rings (SSSR count). The summed E-state index contributed by atoms with van der Waals surface area (Å²) in [5.41, 5.74) is 6.23. The lowest BCUT2D eigenvalue weighted by atomic mass is 10.0. The molecule has 0 saturated carbocycles. The molecule has 0 spiro atoms. The van der Waals surface area contributed by atoms with Crippen molar-refractivity contribution < 1.29 is 4.74 Å². The molecule has 27 heavy (non-hydrogen) atoms. The molecule has 1 fully saturated rings. The number of fused-ring (bicyclic) bond motifs is 1. The van der Waals surface area contributed by atoms with Gasteiger partial charge in [-0.2, -0.15) is 11.8 Å². The van der Waals surface area contributed by atoms with Crippen LogP contribution >= 0.6 is 11.8 Å². The topological polar surface area (TPSA) is 58.5 Å². The Morgan fingerprint density at radius 2 is 2.11 bits per heavy atom. The number of anilines is 1. The molecule has 3 aromatic rings. The molecule has 0 atom stereocenters. The Kier molecular flexibility index (Phi) is 5.27. The summed E-state index contributed by atoms with van der Waals surface area (Å²) in [6.07, 6.45) is 7.78. The molecular formula is C21H25N3O2S. The molecule has 0 amide bonds. The van der Waals surface area contributed by atoms with Crippen LogP contribution in [0.4, 0.5) is 5.69 Å². The number of aryl methyl sites for hydroxylation is 1. The molecule has 2 N–H and O–H groups in total. The van der Waals surface area contributed by atoms with Gasteiger partial charge in [-0.3, -0.25) is 4.79 Å². The molecule has 0 bridgehead atoms. The van der Waals surface area contributed by atoms with Crippen LogP contribution in [0.5, 0.6) is 0 Å². The molecular weight excluding hydrogens is 358 g/mol. The average molecular weight is 384 g/mol. The monoisotopic (exact) mass is 383 g/mol. The molecule has 5 nitrogen and oxygen atoms in total. The van der Waals surface area contributed by atoms with Gasteiger partial charge < -0.3 is 19.4 Å². The Morgan fingerprint density at radius 1 is 1.30 bits per heavy atom. The van der Waals surface area contributed by atoms with Crippen LogP contribution in [0.1, 0.15) is 24.0 Å². The predicted octanol–water partition coefficient (Wildman–Crippen LogP) is 4.06. The van der Waals surface area contributed by atoms with Gasteiger partial charge in [0.15, 0.2) is 0 Å². The van der Waals surface area contributed by atoms with Crippen molar-refractivity contribution in [3.63, 3.8) is 0 Å². The second kappa shape index (κ2) is 7.82. The predicted molar refractivity (Wildman–Crippen MR) is 113 cm³/mol. The minimum atomic E-state index is -0.0551. The minimum Gasteiger partial charge on any atom is -0.382 e. The summed E-state index contributed by atoms with van der Waals surface area (Å²) in [6.45, 7) is 3.60. The van der Waals surface area contributed by atoms with E-state index in [4.69, 9.17) is 4.74 Å². The van der Waals surface area contributed by atoms with E-state index >= 15 is 0 Å². The van der Waals surface area contributed by atoms with Gasteiger partial charge in [0.2, 0.25) is 0 Å². The number of hydrogen-bond acceptors (Lipinski definition) is 4. The molecule has 1 aromatic carbocycles. The Bertz CT molecular complexity index is 1000. The molecule has 0 aliphatic carbocycles. The Balaban J connectivity index is 1.83. The highest BCUT2D eigenvalue weighted by atomic mass is 32.2. The van der Waals surface area contributed by atoms with E-state index in [1.165, 1.54) is 5.56 Å². The van der Waals surface area contributed by atoms with Crippen LogP contribution in [-0.2, 0) is 10.5 Å². The number of benzene rings is 1. The minimum absolute atomic E-state index is 0.0551. The summed E-state index contributed by atoms with van der Waals surface area (Å²) in [4.78, 5) is 15.1. The summed E-state index contributed by atoms with van der Waals surface area (Å²) >= 11 is 1.81. The number of nitrogens with one attached hydrogen (secondary N) is 2. The first-order valence-electron chi connectivity index (χ1n) is 9.33. The number of nitrogens with zero attached hydrogens (tertiary/aromatic N) is 1. The van der Waals surface area contributed by atoms with Crippen molar-refractivity contribution in [2.45, 2.75) is 31.6 Å².